The van der Waals surface area contributed by atoms with E-state index in [-0.39, 0.29) is 35.0 Å². The first-order valence-electron chi connectivity index (χ1n) is 10.2. The van der Waals surface area contributed by atoms with Crippen LogP contribution in [0.15, 0.2) is 0 Å². The smallest absolute Gasteiger partial charge is 0.320 e. The van der Waals surface area contributed by atoms with Gasteiger partial charge >= 0.3 is 5.97 Å². The summed E-state index contributed by atoms with van der Waals surface area (Å²) in [4.78, 5) is 38.4. The molecule has 5 rings (SSSR count). The third-order valence-corrected chi connectivity index (χ3v) is 8.18. The van der Waals surface area contributed by atoms with Crippen LogP contribution < -0.4 is 5.32 Å². The number of nitrogens with zero attached hydrogens (tertiary/aromatic N) is 1. The molecule has 1 saturated heterocycles. The lowest BCUT2D eigenvalue weighted by molar-refractivity contribution is -0.141. The van der Waals surface area contributed by atoms with Crippen molar-refractivity contribution >= 4 is 29.5 Å². The first-order chi connectivity index (χ1) is 13.0. The summed E-state index contributed by atoms with van der Waals surface area (Å²) in [5.74, 6) is 2.81. The molecule has 0 radical (unpaired) electrons. The Balaban J connectivity index is 1.26. The van der Waals surface area contributed by atoms with Crippen molar-refractivity contribution in [2.45, 2.75) is 50.2 Å². The zero-order chi connectivity index (χ0) is 19.0. The van der Waals surface area contributed by atoms with Crippen molar-refractivity contribution in [3.63, 3.8) is 0 Å². The molecule has 7 heteroatoms. The number of esters is 1. The number of rotatable bonds is 5. The molecule has 1 aliphatic heterocycles. The minimum atomic E-state index is -0.324. The summed E-state index contributed by atoms with van der Waals surface area (Å²) in [7, 11) is 1.37. The predicted molar refractivity (Wildman–Crippen MR) is 103 cm³/mol. The lowest BCUT2D eigenvalue weighted by atomic mass is 9.49. The first kappa shape index (κ1) is 19.1. The molecular weight excluding hydrogens is 364 g/mol. The number of hydrogen-bond acceptors (Lipinski definition) is 5. The molecule has 4 bridgehead atoms. The van der Waals surface area contributed by atoms with Gasteiger partial charge in [0.1, 0.15) is 5.25 Å². The molecule has 0 spiro atoms. The van der Waals surface area contributed by atoms with Gasteiger partial charge in [0.15, 0.2) is 0 Å². The van der Waals surface area contributed by atoms with Crippen molar-refractivity contribution < 1.29 is 19.1 Å². The van der Waals surface area contributed by atoms with Gasteiger partial charge in [-0.2, -0.15) is 0 Å². The Kier molecular flexibility index (Phi) is 5.41. The van der Waals surface area contributed by atoms with Gasteiger partial charge in [0.05, 0.1) is 13.7 Å². The number of amides is 2. The lowest BCUT2D eigenvalue weighted by Gasteiger charge is -2.56. The van der Waals surface area contributed by atoms with Gasteiger partial charge in [0.2, 0.25) is 11.8 Å². The van der Waals surface area contributed by atoms with E-state index < -0.39 is 0 Å². The minimum Gasteiger partial charge on any atom is -0.468 e. The first-order valence-corrected chi connectivity index (χ1v) is 11.2. The largest absolute Gasteiger partial charge is 0.468 e. The Morgan fingerprint density at radius 3 is 2.33 bits per heavy atom. The van der Waals surface area contributed by atoms with Crippen LogP contribution in [-0.2, 0) is 19.1 Å². The van der Waals surface area contributed by atoms with Crippen LogP contribution in [0.2, 0.25) is 0 Å². The Morgan fingerprint density at radius 1 is 1.11 bits per heavy atom. The van der Waals surface area contributed by atoms with Gasteiger partial charge in [-0.15, -0.1) is 11.8 Å². The summed E-state index contributed by atoms with van der Waals surface area (Å²) in [6.45, 7) is 1.01. The molecule has 5 fully saturated rings. The molecule has 0 aromatic rings. The van der Waals surface area contributed by atoms with E-state index in [9.17, 15) is 14.4 Å². The molecule has 0 aromatic heterocycles. The number of nitrogens with one attached hydrogen (secondary N) is 1. The number of carbonyl (C=O) groups excluding carboxylic acids is 3. The van der Waals surface area contributed by atoms with Crippen LogP contribution in [0.1, 0.15) is 44.9 Å². The molecule has 0 unspecified atom stereocenters. The molecule has 6 nitrogen and oxygen atoms in total. The van der Waals surface area contributed by atoms with Gasteiger partial charge in [0.25, 0.3) is 0 Å². The SMILES string of the molecule is COC(=O)[C@@H]1CN(C(=O)CNC(=O)CC23CC4CC(CC(C4)C2)C3)CCS1. The van der Waals surface area contributed by atoms with Gasteiger partial charge < -0.3 is 15.0 Å². The molecule has 150 valence electrons. The second kappa shape index (κ2) is 7.64. The van der Waals surface area contributed by atoms with E-state index >= 15 is 0 Å². The summed E-state index contributed by atoms with van der Waals surface area (Å²) < 4.78 is 4.78. The summed E-state index contributed by atoms with van der Waals surface area (Å²) in [6.07, 6.45) is 8.28. The van der Waals surface area contributed by atoms with Crippen LogP contribution >= 0.6 is 11.8 Å². The topological polar surface area (TPSA) is 75.7 Å². The Hall–Kier alpha value is -1.24. The van der Waals surface area contributed by atoms with E-state index in [1.54, 1.807) is 4.90 Å². The summed E-state index contributed by atoms with van der Waals surface area (Å²) in [6, 6.07) is 0. The van der Waals surface area contributed by atoms with Crippen LogP contribution in [0.5, 0.6) is 0 Å². The average molecular weight is 395 g/mol. The quantitative estimate of drug-likeness (QED) is 0.720. The number of thioether (sulfide) groups is 1. The van der Waals surface area contributed by atoms with E-state index in [1.807, 2.05) is 0 Å². The standard InChI is InChI=1S/C20H30N2O4S/c1-26-19(25)16-12-22(2-3-27-16)18(24)11-21-17(23)10-20-7-13-4-14(8-20)6-15(5-13)9-20/h13-16H,2-12H2,1H3,(H,21,23)/t13?,14?,15?,16-,20?/m0/s1. The van der Waals surface area contributed by atoms with E-state index in [4.69, 9.17) is 4.74 Å². The van der Waals surface area contributed by atoms with E-state index in [0.717, 1.165) is 17.8 Å². The lowest BCUT2D eigenvalue weighted by Crippen LogP contribution is -2.50. The zero-order valence-corrected chi connectivity index (χ0v) is 16.9. The number of methoxy groups -OCH3 is 1. The van der Waals surface area contributed by atoms with Gasteiger partial charge in [-0.05, 0) is 61.7 Å². The molecule has 1 atom stereocenters. The van der Waals surface area contributed by atoms with Crippen LogP contribution in [0, 0.1) is 23.2 Å². The number of hydrogen-bond donors (Lipinski definition) is 1. The van der Waals surface area contributed by atoms with Crippen LogP contribution in [0.25, 0.3) is 0 Å². The second-order valence-electron chi connectivity index (χ2n) is 9.09. The molecule has 4 saturated carbocycles. The van der Waals surface area contributed by atoms with Crippen LogP contribution in [0.4, 0.5) is 0 Å². The van der Waals surface area contributed by atoms with E-state index in [0.29, 0.717) is 25.3 Å². The Labute approximate surface area is 165 Å². The Bertz CT molecular complexity index is 588. The van der Waals surface area contributed by atoms with Crippen LogP contribution in [0.3, 0.4) is 0 Å². The summed E-state index contributed by atoms with van der Waals surface area (Å²) in [5, 5.41) is 2.54. The Morgan fingerprint density at radius 2 is 1.74 bits per heavy atom. The third kappa shape index (κ3) is 4.13. The van der Waals surface area contributed by atoms with E-state index in [1.165, 1.54) is 57.4 Å². The minimum absolute atomic E-state index is 0.0150. The van der Waals surface area contributed by atoms with Gasteiger partial charge in [-0.25, -0.2) is 0 Å². The van der Waals surface area contributed by atoms with Crippen molar-refractivity contribution in [1.82, 2.24) is 10.2 Å². The normalized spacial score (nSPS) is 37.1. The van der Waals surface area contributed by atoms with Gasteiger partial charge in [0, 0.05) is 25.3 Å². The highest BCUT2D eigenvalue weighted by atomic mass is 32.2. The monoisotopic (exact) mass is 394 g/mol. The third-order valence-electron chi connectivity index (χ3n) is 7.02. The molecule has 1 heterocycles. The highest BCUT2D eigenvalue weighted by molar-refractivity contribution is 8.00. The van der Waals surface area contributed by atoms with E-state index in [2.05, 4.69) is 5.32 Å². The van der Waals surface area contributed by atoms with Crippen molar-refractivity contribution in [3.05, 3.63) is 0 Å². The molecule has 1 N–H and O–H groups in total. The molecule has 4 aliphatic carbocycles. The number of ether oxygens (including phenoxy) is 1. The van der Waals surface area contributed by atoms with Crippen molar-refractivity contribution in [1.29, 1.82) is 0 Å². The zero-order valence-electron chi connectivity index (χ0n) is 16.1. The fourth-order valence-electron chi connectivity index (χ4n) is 6.35. The molecule has 5 aliphatic rings. The highest BCUT2D eigenvalue weighted by Crippen LogP contribution is 2.61. The van der Waals surface area contributed by atoms with Crippen molar-refractivity contribution in [3.8, 4) is 0 Å². The fourth-order valence-corrected chi connectivity index (χ4v) is 7.47. The maximum absolute atomic E-state index is 12.6. The maximum Gasteiger partial charge on any atom is 0.320 e. The molecule has 2 amide bonds. The molecule has 0 aromatic carbocycles. The highest BCUT2D eigenvalue weighted by Gasteiger charge is 2.51. The maximum atomic E-state index is 12.6. The number of carbonyl (C=O) groups is 3. The van der Waals surface area contributed by atoms with Gasteiger partial charge in [-0.3, -0.25) is 14.4 Å². The predicted octanol–water partition coefficient (Wildman–Crippen LogP) is 1.83. The summed E-state index contributed by atoms with van der Waals surface area (Å²) >= 11 is 1.52. The molecule has 27 heavy (non-hydrogen) atoms. The fraction of sp³-hybridized carbons (Fsp3) is 0.850. The second-order valence-corrected chi connectivity index (χ2v) is 10.4. The van der Waals surface area contributed by atoms with Crippen molar-refractivity contribution in [2.24, 2.45) is 23.2 Å². The summed E-state index contributed by atoms with van der Waals surface area (Å²) in [5.41, 5.74) is 0.194. The molecular formula is C20H30N2O4S. The average Bonchev–Trinajstić information content (AvgIpc) is 2.64. The van der Waals surface area contributed by atoms with Crippen molar-refractivity contribution in [2.75, 3.05) is 32.5 Å². The van der Waals surface area contributed by atoms with Crippen LogP contribution in [-0.4, -0.2) is 60.4 Å². The van der Waals surface area contributed by atoms with Gasteiger partial charge in [-0.1, -0.05) is 0 Å².